The molecular weight excluding hydrogens is 264 g/mol. The first-order chi connectivity index (χ1) is 10.1. The molecule has 1 fully saturated rings. The average molecular weight is 290 g/mol. The number of nitrogens with zero attached hydrogens (tertiary/aromatic N) is 2. The highest BCUT2D eigenvalue weighted by Gasteiger charge is 2.37. The van der Waals surface area contributed by atoms with E-state index in [0.29, 0.717) is 13.0 Å². The summed E-state index contributed by atoms with van der Waals surface area (Å²) in [5, 5.41) is 0. The van der Waals surface area contributed by atoms with Crippen molar-refractivity contribution < 1.29 is 9.53 Å². The number of carbonyl (C=O) groups is 1. The predicted octanol–water partition coefficient (Wildman–Crippen LogP) is 2.10. The van der Waals surface area contributed by atoms with E-state index in [4.69, 9.17) is 4.74 Å². The highest BCUT2D eigenvalue weighted by atomic mass is 16.5. The fraction of sp³-hybridized carbons (Fsp3) is 0.588. The van der Waals surface area contributed by atoms with Crippen molar-refractivity contribution in [1.82, 2.24) is 9.80 Å². The van der Waals surface area contributed by atoms with Crippen molar-refractivity contribution in [1.29, 1.82) is 0 Å². The first-order valence-corrected chi connectivity index (χ1v) is 7.71. The number of benzene rings is 1. The summed E-state index contributed by atoms with van der Waals surface area (Å²) in [6, 6.07) is 10.3. The topological polar surface area (TPSA) is 32.8 Å². The molecule has 0 amide bonds. The Morgan fingerprint density at radius 2 is 1.81 bits per heavy atom. The second-order valence-electron chi connectivity index (χ2n) is 5.91. The molecule has 4 nitrogen and oxygen atoms in total. The van der Waals surface area contributed by atoms with Gasteiger partial charge in [-0.15, -0.1) is 0 Å². The molecule has 0 aromatic heterocycles. The van der Waals surface area contributed by atoms with E-state index in [0.717, 1.165) is 26.2 Å². The van der Waals surface area contributed by atoms with Crippen LogP contribution in [0.25, 0.3) is 0 Å². The van der Waals surface area contributed by atoms with Crippen LogP contribution in [0.4, 0.5) is 0 Å². The van der Waals surface area contributed by atoms with E-state index >= 15 is 0 Å². The molecule has 0 radical (unpaired) electrons. The van der Waals surface area contributed by atoms with Gasteiger partial charge in [-0.3, -0.25) is 9.69 Å². The molecule has 1 unspecified atom stereocenters. The van der Waals surface area contributed by atoms with Crippen LogP contribution in [0.1, 0.15) is 25.8 Å². The SMILES string of the molecule is CCOC(=O)CC(C)(c1ccccc1)N1CCN(C)CC1. The maximum Gasteiger partial charge on any atom is 0.307 e. The molecule has 1 aliphatic heterocycles. The zero-order valence-corrected chi connectivity index (χ0v) is 13.3. The van der Waals surface area contributed by atoms with Crippen LogP contribution in [0, 0.1) is 0 Å². The lowest BCUT2D eigenvalue weighted by Gasteiger charge is -2.45. The third kappa shape index (κ3) is 3.83. The quantitative estimate of drug-likeness (QED) is 0.778. The van der Waals surface area contributed by atoms with Crippen molar-refractivity contribution >= 4 is 5.97 Å². The van der Waals surface area contributed by atoms with E-state index in [1.165, 1.54) is 5.56 Å². The van der Waals surface area contributed by atoms with Gasteiger partial charge in [0.1, 0.15) is 0 Å². The Balaban J connectivity index is 2.23. The van der Waals surface area contributed by atoms with Crippen LogP contribution in [0.15, 0.2) is 30.3 Å². The van der Waals surface area contributed by atoms with E-state index in [2.05, 4.69) is 35.9 Å². The minimum Gasteiger partial charge on any atom is -0.466 e. The lowest BCUT2D eigenvalue weighted by molar-refractivity contribution is -0.147. The number of rotatable bonds is 5. The normalized spacial score (nSPS) is 20.0. The Morgan fingerprint density at radius 1 is 1.19 bits per heavy atom. The number of piperazine rings is 1. The molecule has 1 saturated heterocycles. The molecule has 0 bridgehead atoms. The summed E-state index contributed by atoms with van der Waals surface area (Å²) in [5.74, 6) is -0.122. The van der Waals surface area contributed by atoms with Gasteiger partial charge in [-0.1, -0.05) is 30.3 Å². The lowest BCUT2D eigenvalue weighted by Crippen LogP contribution is -2.54. The third-order valence-corrected chi connectivity index (χ3v) is 4.39. The summed E-state index contributed by atoms with van der Waals surface area (Å²) in [7, 11) is 2.14. The predicted molar refractivity (Wildman–Crippen MR) is 84.1 cm³/mol. The van der Waals surface area contributed by atoms with Crippen molar-refractivity contribution in [2.75, 3.05) is 39.8 Å². The van der Waals surface area contributed by atoms with E-state index in [-0.39, 0.29) is 11.5 Å². The Morgan fingerprint density at radius 3 is 2.38 bits per heavy atom. The van der Waals surface area contributed by atoms with Gasteiger partial charge in [0, 0.05) is 26.2 Å². The van der Waals surface area contributed by atoms with Crippen molar-refractivity contribution in [3.05, 3.63) is 35.9 Å². The highest BCUT2D eigenvalue weighted by molar-refractivity contribution is 5.71. The van der Waals surface area contributed by atoms with E-state index < -0.39 is 0 Å². The molecule has 2 rings (SSSR count). The highest BCUT2D eigenvalue weighted by Crippen LogP contribution is 2.33. The minimum absolute atomic E-state index is 0.122. The number of hydrogen-bond acceptors (Lipinski definition) is 4. The minimum atomic E-state index is -0.297. The summed E-state index contributed by atoms with van der Waals surface area (Å²) in [6.45, 7) is 8.46. The number of ether oxygens (including phenoxy) is 1. The molecule has 0 spiro atoms. The molecular formula is C17H26N2O2. The van der Waals surface area contributed by atoms with Gasteiger partial charge < -0.3 is 9.64 Å². The van der Waals surface area contributed by atoms with Gasteiger partial charge >= 0.3 is 5.97 Å². The van der Waals surface area contributed by atoms with Crippen molar-refractivity contribution in [3.63, 3.8) is 0 Å². The van der Waals surface area contributed by atoms with Crippen molar-refractivity contribution in [2.24, 2.45) is 0 Å². The van der Waals surface area contributed by atoms with Crippen molar-refractivity contribution in [3.8, 4) is 0 Å². The number of likely N-dealkylation sites (N-methyl/N-ethyl adjacent to an activating group) is 1. The first kappa shape index (κ1) is 16.0. The van der Waals surface area contributed by atoms with Crippen LogP contribution < -0.4 is 0 Å². The van der Waals surface area contributed by atoms with Gasteiger partial charge in [0.25, 0.3) is 0 Å². The maximum atomic E-state index is 12.1. The van der Waals surface area contributed by atoms with Crippen LogP contribution in [-0.4, -0.2) is 55.6 Å². The van der Waals surface area contributed by atoms with E-state index in [1.807, 2.05) is 25.1 Å². The summed E-state index contributed by atoms with van der Waals surface area (Å²) in [6.07, 6.45) is 0.397. The average Bonchev–Trinajstić information content (AvgIpc) is 2.49. The van der Waals surface area contributed by atoms with Crippen molar-refractivity contribution in [2.45, 2.75) is 25.8 Å². The molecule has 1 aliphatic rings. The molecule has 4 heteroatoms. The summed E-state index contributed by atoms with van der Waals surface area (Å²) < 4.78 is 5.19. The molecule has 0 N–H and O–H groups in total. The lowest BCUT2D eigenvalue weighted by atomic mass is 9.86. The Bertz CT molecular complexity index is 455. The van der Waals surface area contributed by atoms with Gasteiger partial charge in [-0.25, -0.2) is 0 Å². The van der Waals surface area contributed by atoms with Gasteiger partial charge in [0.2, 0.25) is 0 Å². The standard InChI is InChI=1S/C17H26N2O2/c1-4-21-16(20)14-17(2,15-8-6-5-7-9-15)19-12-10-18(3)11-13-19/h5-9H,4,10-14H2,1-3H3. The smallest absolute Gasteiger partial charge is 0.307 e. The summed E-state index contributed by atoms with van der Waals surface area (Å²) >= 11 is 0. The second-order valence-corrected chi connectivity index (χ2v) is 5.91. The van der Waals surface area contributed by atoms with Crippen LogP contribution in [0.5, 0.6) is 0 Å². The van der Waals surface area contributed by atoms with Gasteiger partial charge in [0.05, 0.1) is 18.6 Å². The zero-order valence-electron chi connectivity index (χ0n) is 13.3. The molecule has 1 atom stereocenters. The summed E-state index contributed by atoms with van der Waals surface area (Å²) in [4.78, 5) is 16.8. The zero-order chi connectivity index (χ0) is 15.3. The number of esters is 1. The Labute approximate surface area is 127 Å². The number of carbonyl (C=O) groups excluding carboxylic acids is 1. The molecule has 0 aliphatic carbocycles. The molecule has 0 saturated carbocycles. The number of hydrogen-bond donors (Lipinski definition) is 0. The fourth-order valence-corrected chi connectivity index (χ4v) is 2.99. The maximum absolute atomic E-state index is 12.1. The second kappa shape index (κ2) is 7.05. The van der Waals surface area contributed by atoms with Gasteiger partial charge in [0.15, 0.2) is 0 Å². The van der Waals surface area contributed by atoms with E-state index in [1.54, 1.807) is 0 Å². The monoisotopic (exact) mass is 290 g/mol. The Kier molecular flexibility index (Phi) is 5.37. The van der Waals surface area contributed by atoms with Crippen LogP contribution in [-0.2, 0) is 15.1 Å². The van der Waals surface area contributed by atoms with Gasteiger partial charge in [-0.05, 0) is 26.5 Å². The molecule has 1 heterocycles. The van der Waals surface area contributed by atoms with Crippen LogP contribution in [0.3, 0.4) is 0 Å². The summed E-state index contributed by atoms with van der Waals surface area (Å²) in [5.41, 5.74) is 0.886. The van der Waals surface area contributed by atoms with E-state index in [9.17, 15) is 4.79 Å². The Hall–Kier alpha value is -1.39. The molecule has 1 aromatic rings. The molecule has 116 valence electrons. The third-order valence-electron chi connectivity index (χ3n) is 4.39. The first-order valence-electron chi connectivity index (χ1n) is 7.71. The molecule has 1 aromatic carbocycles. The van der Waals surface area contributed by atoms with Crippen LogP contribution >= 0.6 is 0 Å². The fourth-order valence-electron chi connectivity index (χ4n) is 2.99. The van der Waals surface area contributed by atoms with Crippen LogP contribution in [0.2, 0.25) is 0 Å². The molecule has 21 heavy (non-hydrogen) atoms. The van der Waals surface area contributed by atoms with Gasteiger partial charge in [-0.2, -0.15) is 0 Å². The largest absolute Gasteiger partial charge is 0.466 e.